The van der Waals surface area contributed by atoms with E-state index in [1.165, 1.54) is 25.9 Å². The van der Waals surface area contributed by atoms with Gasteiger partial charge in [0.1, 0.15) is 0 Å². The minimum atomic E-state index is -0.0969. The van der Waals surface area contributed by atoms with Crippen LogP contribution in [0.5, 0.6) is 0 Å². The molecule has 1 saturated heterocycles. The molecule has 22 heavy (non-hydrogen) atoms. The highest BCUT2D eigenvalue weighted by molar-refractivity contribution is 14.0. The molecule has 3 N–H and O–H groups in total. The first-order chi connectivity index (χ1) is 10.2. The Balaban J connectivity index is 0.00000242. The van der Waals surface area contributed by atoms with Crippen LogP contribution in [0.1, 0.15) is 45.4 Å². The van der Waals surface area contributed by atoms with Crippen LogP contribution in [-0.4, -0.2) is 61.3 Å². The van der Waals surface area contributed by atoms with E-state index in [1.54, 1.807) is 0 Å². The molecule has 2 aliphatic rings. The average molecular weight is 424 g/mol. The van der Waals surface area contributed by atoms with E-state index >= 15 is 0 Å². The third kappa shape index (κ3) is 7.00. The van der Waals surface area contributed by atoms with Crippen LogP contribution in [0.4, 0.5) is 0 Å². The van der Waals surface area contributed by atoms with Crippen molar-refractivity contribution < 1.29 is 5.11 Å². The molecule has 130 valence electrons. The number of nitrogens with zero attached hydrogens (tertiary/aromatic N) is 2. The van der Waals surface area contributed by atoms with Crippen molar-refractivity contribution in [2.75, 3.05) is 33.2 Å². The number of aliphatic imine (C=N–C) groups is 1. The monoisotopic (exact) mass is 424 g/mol. The molecule has 0 aromatic rings. The summed E-state index contributed by atoms with van der Waals surface area (Å²) in [6.45, 7) is 6.30. The van der Waals surface area contributed by atoms with Gasteiger partial charge < -0.3 is 20.6 Å². The maximum absolute atomic E-state index is 9.58. The van der Waals surface area contributed by atoms with Crippen molar-refractivity contribution in [3.8, 4) is 0 Å². The van der Waals surface area contributed by atoms with Gasteiger partial charge in [-0.05, 0) is 65.0 Å². The molecule has 0 aromatic carbocycles. The van der Waals surface area contributed by atoms with Gasteiger partial charge in [0.25, 0.3) is 0 Å². The quantitative estimate of drug-likeness (QED) is 0.366. The van der Waals surface area contributed by atoms with Crippen molar-refractivity contribution in [3.63, 3.8) is 0 Å². The second-order valence-corrected chi connectivity index (χ2v) is 6.64. The summed E-state index contributed by atoms with van der Waals surface area (Å²) in [4.78, 5) is 7.20. The van der Waals surface area contributed by atoms with Crippen LogP contribution in [0.2, 0.25) is 0 Å². The Kier molecular flexibility index (Phi) is 9.66. The van der Waals surface area contributed by atoms with Crippen LogP contribution < -0.4 is 10.6 Å². The summed E-state index contributed by atoms with van der Waals surface area (Å²) >= 11 is 0. The SMILES string of the molecule is CCNC(=NCC1CCCN(C)C1)NC1CCC(O)CC1.I. The lowest BCUT2D eigenvalue weighted by atomic mass is 9.93. The highest BCUT2D eigenvalue weighted by atomic mass is 127. The number of piperidine rings is 1. The van der Waals surface area contributed by atoms with E-state index in [0.29, 0.717) is 12.0 Å². The lowest BCUT2D eigenvalue weighted by molar-refractivity contribution is 0.120. The first-order valence-electron chi connectivity index (χ1n) is 8.58. The number of aliphatic hydroxyl groups is 1. The normalized spacial score (nSPS) is 30.5. The molecule has 1 aliphatic heterocycles. The van der Waals surface area contributed by atoms with Crippen molar-refractivity contribution in [2.45, 2.75) is 57.6 Å². The summed E-state index contributed by atoms with van der Waals surface area (Å²) in [6.07, 6.45) is 6.38. The number of hydrogen-bond acceptors (Lipinski definition) is 3. The van der Waals surface area contributed by atoms with Crippen LogP contribution >= 0.6 is 24.0 Å². The van der Waals surface area contributed by atoms with E-state index in [0.717, 1.165) is 44.7 Å². The maximum atomic E-state index is 9.58. The summed E-state index contributed by atoms with van der Waals surface area (Å²) in [5.74, 6) is 1.64. The number of nitrogens with one attached hydrogen (secondary N) is 2. The molecule has 1 unspecified atom stereocenters. The van der Waals surface area contributed by atoms with Gasteiger partial charge in [0, 0.05) is 25.7 Å². The van der Waals surface area contributed by atoms with Crippen LogP contribution in [0.3, 0.4) is 0 Å². The first-order valence-corrected chi connectivity index (χ1v) is 8.58. The molecule has 2 fully saturated rings. The smallest absolute Gasteiger partial charge is 0.191 e. The summed E-state index contributed by atoms with van der Waals surface area (Å²) in [7, 11) is 2.20. The molecule has 0 spiro atoms. The second kappa shape index (κ2) is 10.6. The Bertz CT molecular complexity index is 332. The van der Waals surface area contributed by atoms with Gasteiger partial charge in [-0.25, -0.2) is 0 Å². The van der Waals surface area contributed by atoms with Gasteiger partial charge in [-0.3, -0.25) is 4.99 Å². The molecule has 0 bridgehead atoms. The van der Waals surface area contributed by atoms with E-state index < -0.39 is 0 Å². The van der Waals surface area contributed by atoms with Gasteiger partial charge in [-0.15, -0.1) is 24.0 Å². The Labute approximate surface area is 152 Å². The Morgan fingerprint density at radius 1 is 1.23 bits per heavy atom. The molecule has 6 heteroatoms. The standard InChI is InChI=1S/C16H32N4O.HI/c1-3-17-16(19-14-6-8-15(21)9-7-14)18-11-13-5-4-10-20(2)12-13;/h13-15,21H,3-12H2,1-2H3,(H2,17,18,19);1H. The van der Waals surface area contributed by atoms with Gasteiger partial charge >= 0.3 is 0 Å². The number of aliphatic hydroxyl groups excluding tert-OH is 1. The molecule has 0 radical (unpaired) electrons. The summed E-state index contributed by atoms with van der Waals surface area (Å²) in [6, 6.07) is 0.459. The zero-order valence-electron chi connectivity index (χ0n) is 14.1. The lowest BCUT2D eigenvalue weighted by Crippen LogP contribution is -2.45. The van der Waals surface area contributed by atoms with Crippen molar-refractivity contribution in [2.24, 2.45) is 10.9 Å². The van der Waals surface area contributed by atoms with Crippen LogP contribution in [0.15, 0.2) is 4.99 Å². The Morgan fingerprint density at radius 2 is 1.95 bits per heavy atom. The van der Waals surface area contributed by atoms with E-state index in [-0.39, 0.29) is 30.1 Å². The third-order valence-corrected chi connectivity index (χ3v) is 4.61. The van der Waals surface area contributed by atoms with Crippen molar-refractivity contribution in [3.05, 3.63) is 0 Å². The molecule has 1 atom stereocenters. The zero-order chi connectivity index (χ0) is 15.1. The fraction of sp³-hybridized carbons (Fsp3) is 0.938. The molecule has 1 heterocycles. The summed E-state index contributed by atoms with van der Waals surface area (Å²) < 4.78 is 0. The van der Waals surface area contributed by atoms with E-state index in [9.17, 15) is 5.11 Å². The van der Waals surface area contributed by atoms with Gasteiger partial charge in [0.15, 0.2) is 5.96 Å². The highest BCUT2D eigenvalue weighted by Crippen LogP contribution is 2.18. The predicted octanol–water partition coefficient (Wildman–Crippen LogP) is 1.80. The van der Waals surface area contributed by atoms with E-state index in [4.69, 9.17) is 4.99 Å². The second-order valence-electron chi connectivity index (χ2n) is 6.64. The molecule has 1 aliphatic carbocycles. The first kappa shape index (κ1) is 20.0. The number of halogens is 1. The predicted molar refractivity (Wildman–Crippen MR) is 103 cm³/mol. The van der Waals surface area contributed by atoms with E-state index in [1.807, 2.05) is 0 Å². The van der Waals surface area contributed by atoms with Gasteiger partial charge in [-0.2, -0.15) is 0 Å². The van der Waals surface area contributed by atoms with E-state index in [2.05, 4.69) is 29.5 Å². The Morgan fingerprint density at radius 3 is 2.59 bits per heavy atom. The number of guanidine groups is 1. The average Bonchev–Trinajstić information content (AvgIpc) is 2.47. The van der Waals surface area contributed by atoms with Gasteiger partial charge in [0.05, 0.1) is 6.10 Å². The fourth-order valence-electron chi connectivity index (χ4n) is 3.38. The number of hydrogen-bond donors (Lipinski definition) is 3. The number of rotatable bonds is 4. The molecule has 5 nitrogen and oxygen atoms in total. The number of likely N-dealkylation sites (tertiary alicyclic amines) is 1. The molecule has 0 aromatic heterocycles. The van der Waals surface area contributed by atoms with Crippen LogP contribution in [0, 0.1) is 5.92 Å². The highest BCUT2D eigenvalue weighted by Gasteiger charge is 2.21. The largest absolute Gasteiger partial charge is 0.393 e. The molecule has 2 rings (SSSR count). The zero-order valence-corrected chi connectivity index (χ0v) is 16.4. The van der Waals surface area contributed by atoms with Crippen molar-refractivity contribution in [1.82, 2.24) is 15.5 Å². The van der Waals surface area contributed by atoms with Crippen LogP contribution in [0.25, 0.3) is 0 Å². The molecule has 1 saturated carbocycles. The van der Waals surface area contributed by atoms with Crippen molar-refractivity contribution >= 4 is 29.9 Å². The maximum Gasteiger partial charge on any atom is 0.191 e. The third-order valence-electron chi connectivity index (χ3n) is 4.61. The Hall–Kier alpha value is -0.0800. The fourth-order valence-corrected chi connectivity index (χ4v) is 3.38. The van der Waals surface area contributed by atoms with Gasteiger partial charge in [0.2, 0.25) is 0 Å². The topological polar surface area (TPSA) is 59.9 Å². The van der Waals surface area contributed by atoms with Crippen LogP contribution in [-0.2, 0) is 0 Å². The van der Waals surface area contributed by atoms with Crippen molar-refractivity contribution in [1.29, 1.82) is 0 Å². The lowest BCUT2D eigenvalue weighted by Gasteiger charge is -2.30. The molecular weight excluding hydrogens is 391 g/mol. The van der Waals surface area contributed by atoms with Gasteiger partial charge in [-0.1, -0.05) is 0 Å². The minimum absolute atomic E-state index is 0. The molecule has 0 amide bonds. The summed E-state index contributed by atoms with van der Waals surface area (Å²) in [5, 5.41) is 16.5. The minimum Gasteiger partial charge on any atom is -0.393 e. The molecular formula is C16H33IN4O. The summed E-state index contributed by atoms with van der Waals surface area (Å²) in [5.41, 5.74) is 0.